The van der Waals surface area contributed by atoms with Crippen LogP contribution in [0.15, 0.2) is 65.7 Å². The van der Waals surface area contributed by atoms with E-state index in [1.54, 1.807) is 30.3 Å². The first-order chi connectivity index (χ1) is 14.9. The Balaban J connectivity index is 2.13. The third kappa shape index (κ3) is 5.05. The lowest BCUT2D eigenvalue weighted by Crippen LogP contribution is -2.10. The van der Waals surface area contributed by atoms with Crippen LogP contribution in [0.1, 0.15) is 16.7 Å². The van der Waals surface area contributed by atoms with E-state index in [4.69, 9.17) is 0 Å². The number of non-ortho nitro benzene ring substituents is 1. The van der Waals surface area contributed by atoms with Crippen LogP contribution in [0, 0.1) is 10.1 Å². The first kappa shape index (κ1) is 22.8. The van der Waals surface area contributed by atoms with Gasteiger partial charge in [0.2, 0.25) is 0 Å². The molecule has 0 fully saturated rings. The summed E-state index contributed by atoms with van der Waals surface area (Å²) in [7, 11) is 0. The predicted molar refractivity (Wildman–Crippen MR) is 104 cm³/mol. The fourth-order valence-corrected chi connectivity index (χ4v) is 2.84. The minimum absolute atomic E-state index is 0.0428. The van der Waals surface area contributed by atoms with Gasteiger partial charge in [0.25, 0.3) is 5.69 Å². The number of aromatic hydroxyl groups is 1. The van der Waals surface area contributed by atoms with Crippen molar-refractivity contribution in [1.29, 1.82) is 0 Å². The van der Waals surface area contributed by atoms with E-state index >= 15 is 0 Å². The number of nitro benzene ring substituents is 1. The van der Waals surface area contributed by atoms with Gasteiger partial charge in [-0.1, -0.05) is 30.3 Å². The standard InChI is InChI=1S/C21H12F6N2O3/c22-20(23,24)14-7-15(21(25,26)27)9-16(8-14)28-11-13-6-17(29(31)32)10-18(19(13)30)12-4-2-1-3-5-12/h1-11,30H. The molecule has 166 valence electrons. The second-order valence-corrected chi connectivity index (χ2v) is 6.58. The van der Waals surface area contributed by atoms with Crippen molar-refractivity contribution in [2.45, 2.75) is 12.4 Å². The lowest BCUT2D eigenvalue weighted by molar-refractivity contribution is -0.384. The van der Waals surface area contributed by atoms with Crippen LogP contribution < -0.4 is 0 Å². The Morgan fingerprint density at radius 2 is 1.44 bits per heavy atom. The minimum atomic E-state index is -5.06. The summed E-state index contributed by atoms with van der Waals surface area (Å²) in [5.41, 5.74) is -4.09. The van der Waals surface area contributed by atoms with Crippen LogP contribution in [0.2, 0.25) is 0 Å². The summed E-state index contributed by atoms with van der Waals surface area (Å²) >= 11 is 0. The van der Waals surface area contributed by atoms with Crippen molar-refractivity contribution in [3.8, 4) is 16.9 Å². The average molecular weight is 454 g/mol. The molecule has 0 atom stereocenters. The van der Waals surface area contributed by atoms with Crippen molar-refractivity contribution < 1.29 is 36.4 Å². The quantitative estimate of drug-likeness (QED) is 0.205. The molecule has 0 saturated carbocycles. The summed E-state index contributed by atoms with van der Waals surface area (Å²) in [6, 6.07) is 10.8. The maximum absolute atomic E-state index is 13.0. The summed E-state index contributed by atoms with van der Waals surface area (Å²) in [6.07, 6.45) is -9.34. The van der Waals surface area contributed by atoms with E-state index in [0.29, 0.717) is 17.7 Å². The molecular weight excluding hydrogens is 442 g/mol. The second kappa shape index (κ2) is 8.33. The zero-order chi connectivity index (χ0) is 23.7. The van der Waals surface area contributed by atoms with Crippen molar-refractivity contribution in [3.63, 3.8) is 0 Å². The lowest BCUT2D eigenvalue weighted by Gasteiger charge is -2.12. The van der Waals surface area contributed by atoms with Crippen LogP contribution >= 0.6 is 0 Å². The summed E-state index contributed by atoms with van der Waals surface area (Å²) in [5.74, 6) is -0.478. The van der Waals surface area contributed by atoms with E-state index in [1.165, 1.54) is 0 Å². The van der Waals surface area contributed by atoms with Crippen molar-refractivity contribution in [1.82, 2.24) is 0 Å². The molecule has 5 nitrogen and oxygen atoms in total. The Bertz CT molecular complexity index is 1160. The molecule has 0 saturated heterocycles. The van der Waals surface area contributed by atoms with Crippen LogP contribution in [0.3, 0.4) is 0 Å². The average Bonchev–Trinajstić information content (AvgIpc) is 2.72. The van der Waals surface area contributed by atoms with Crippen LogP contribution in [-0.4, -0.2) is 16.2 Å². The smallest absolute Gasteiger partial charge is 0.416 e. The normalized spacial score (nSPS) is 12.3. The Labute approximate surface area is 176 Å². The molecule has 0 aliphatic heterocycles. The van der Waals surface area contributed by atoms with Crippen LogP contribution in [0.25, 0.3) is 11.1 Å². The monoisotopic (exact) mass is 454 g/mol. The number of halogens is 6. The first-order valence-electron chi connectivity index (χ1n) is 8.76. The Kier molecular flexibility index (Phi) is 5.93. The van der Waals surface area contributed by atoms with Gasteiger partial charge in [0, 0.05) is 29.5 Å². The number of hydrogen-bond donors (Lipinski definition) is 1. The SMILES string of the molecule is O=[N+]([O-])c1cc(C=Nc2cc(C(F)(F)F)cc(C(F)(F)F)c2)c(O)c(-c2ccccc2)c1. The summed E-state index contributed by atoms with van der Waals surface area (Å²) in [5, 5.41) is 21.8. The summed E-state index contributed by atoms with van der Waals surface area (Å²) in [6.45, 7) is 0. The van der Waals surface area contributed by atoms with Gasteiger partial charge in [-0.3, -0.25) is 15.1 Å². The molecule has 0 aliphatic carbocycles. The third-order valence-electron chi connectivity index (χ3n) is 4.34. The minimum Gasteiger partial charge on any atom is -0.507 e. The molecule has 32 heavy (non-hydrogen) atoms. The van der Waals surface area contributed by atoms with Gasteiger partial charge >= 0.3 is 12.4 Å². The number of benzene rings is 3. The van der Waals surface area contributed by atoms with Gasteiger partial charge in [-0.25, -0.2) is 0 Å². The molecule has 0 unspecified atom stereocenters. The number of nitrogens with zero attached hydrogens (tertiary/aromatic N) is 2. The number of alkyl halides is 6. The largest absolute Gasteiger partial charge is 0.507 e. The highest BCUT2D eigenvalue weighted by Crippen LogP contribution is 2.39. The molecule has 0 aromatic heterocycles. The zero-order valence-electron chi connectivity index (χ0n) is 15.8. The van der Waals surface area contributed by atoms with Crippen molar-refractivity contribution in [2.75, 3.05) is 0 Å². The Morgan fingerprint density at radius 1 is 0.875 bits per heavy atom. The van der Waals surface area contributed by atoms with Crippen molar-refractivity contribution >= 4 is 17.6 Å². The fraction of sp³-hybridized carbons (Fsp3) is 0.0952. The number of rotatable bonds is 4. The van der Waals surface area contributed by atoms with Crippen LogP contribution in [0.4, 0.5) is 37.7 Å². The van der Waals surface area contributed by atoms with Gasteiger partial charge in [-0.2, -0.15) is 26.3 Å². The first-order valence-corrected chi connectivity index (χ1v) is 8.76. The molecule has 0 radical (unpaired) electrons. The summed E-state index contributed by atoms with van der Waals surface area (Å²) < 4.78 is 78.1. The third-order valence-corrected chi connectivity index (χ3v) is 4.34. The van der Waals surface area contributed by atoms with Gasteiger partial charge in [-0.15, -0.1) is 0 Å². The highest BCUT2D eigenvalue weighted by molar-refractivity contribution is 5.91. The van der Waals surface area contributed by atoms with E-state index < -0.39 is 45.5 Å². The van der Waals surface area contributed by atoms with Gasteiger partial charge in [0.1, 0.15) is 5.75 Å². The van der Waals surface area contributed by atoms with Crippen LogP contribution in [0.5, 0.6) is 5.75 Å². The van der Waals surface area contributed by atoms with Crippen molar-refractivity contribution in [3.05, 3.63) is 87.5 Å². The van der Waals surface area contributed by atoms with Gasteiger partial charge in [0.05, 0.1) is 21.7 Å². The molecule has 0 heterocycles. The molecule has 11 heteroatoms. The Hall–Kier alpha value is -3.89. The molecule has 3 rings (SSSR count). The van der Waals surface area contributed by atoms with Crippen LogP contribution in [-0.2, 0) is 12.4 Å². The fourth-order valence-electron chi connectivity index (χ4n) is 2.84. The molecule has 0 aliphatic rings. The summed E-state index contributed by atoms with van der Waals surface area (Å²) in [4.78, 5) is 14.1. The topological polar surface area (TPSA) is 75.7 Å². The molecule has 1 N–H and O–H groups in total. The number of hydrogen-bond acceptors (Lipinski definition) is 4. The molecule has 0 spiro atoms. The second-order valence-electron chi connectivity index (χ2n) is 6.58. The molecular formula is C21H12F6N2O3. The Morgan fingerprint density at radius 3 is 1.94 bits per heavy atom. The predicted octanol–water partition coefficient (Wildman–Crippen LogP) is 6.76. The lowest BCUT2D eigenvalue weighted by atomic mass is 10.0. The van der Waals surface area contributed by atoms with E-state index in [9.17, 15) is 41.6 Å². The van der Waals surface area contributed by atoms with E-state index in [-0.39, 0.29) is 17.2 Å². The number of phenols is 1. The maximum Gasteiger partial charge on any atom is 0.416 e. The molecule has 3 aromatic rings. The molecule has 0 amide bonds. The maximum atomic E-state index is 13.0. The highest BCUT2D eigenvalue weighted by atomic mass is 19.4. The number of nitro groups is 1. The van der Waals surface area contributed by atoms with Crippen molar-refractivity contribution in [2.24, 2.45) is 4.99 Å². The molecule has 0 bridgehead atoms. The highest BCUT2D eigenvalue weighted by Gasteiger charge is 2.36. The van der Waals surface area contributed by atoms with Gasteiger partial charge in [0.15, 0.2) is 0 Å². The zero-order valence-corrected chi connectivity index (χ0v) is 15.8. The number of phenolic OH excluding ortho intramolecular Hbond substituents is 1. The molecule has 3 aromatic carbocycles. The van der Waals surface area contributed by atoms with E-state index in [2.05, 4.69) is 4.99 Å². The van der Waals surface area contributed by atoms with E-state index in [1.807, 2.05) is 0 Å². The van der Waals surface area contributed by atoms with E-state index in [0.717, 1.165) is 18.3 Å². The van der Waals surface area contributed by atoms with Gasteiger partial charge < -0.3 is 5.11 Å². The number of aliphatic imine (C=N–C) groups is 1. The van der Waals surface area contributed by atoms with Gasteiger partial charge in [-0.05, 0) is 23.8 Å².